The first-order chi connectivity index (χ1) is 19.1. The number of rotatable bonds is 10. The minimum atomic E-state index is -4.50. The van der Waals surface area contributed by atoms with E-state index in [9.17, 15) is 23.1 Å². The van der Waals surface area contributed by atoms with Gasteiger partial charge in [0.15, 0.2) is 0 Å². The van der Waals surface area contributed by atoms with Crippen LogP contribution in [-0.2, 0) is 11.0 Å². The van der Waals surface area contributed by atoms with Crippen LogP contribution in [0.4, 0.5) is 30.5 Å². The third-order valence-electron chi connectivity index (χ3n) is 5.98. The van der Waals surface area contributed by atoms with Crippen molar-refractivity contribution in [2.45, 2.75) is 31.5 Å². The standard InChI is InChI=1S/C27H27ClF3N5O4/c28-22-13-18(6-7-23(22)40-20-5-1-3-17(12-20)27(29,30)31)36-25-21-11-16(8-10-32-24(21)34-15-35-25)26(39)33-9-2-4-19(38)14-37/h1,3,5-7,11-13,15,19,37-38H,2,4,8-10,14H2,(H,33,39)(H2,32,34,35,36). The number of benzene rings is 2. The lowest BCUT2D eigenvalue weighted by Gasteiger charge is -2.14. The predicted molar refractivity (Wildman–Crippen MR) is 145 cm³/mol. The maximum Gasteiger partial charge on any atom is 0.416 e. The lowest BCUT2D eigenvalue weighted by Crippen LogP contribution is -2.27. The van der Waals surface area contributed by atoms with Gasteiger partial charge in [0.1, 0.15) is 29.5 Å². The minimum absolute atomic E-state index is 0.00912. The Hall–Kier alpha value is -3.87. The Morgan fingerprint density at radius 3 is 2.77 bits per heavy atom. The molecule has 0 saturated carbocycles. The van der Waals surface area contributed by atoms with E-state index in [-0.39, 0.29) is 29.0 Å². The summed E-state index contributed by atoms with van der Waals surface area (Å²) in [5.74, 6) is 0.827. The van der Waals surface area contributed by atoms with Gasteiger partial charge in [-0.15, -0.1) is 0 Å². The molecule has 4 rings (SSSR count). The second-order valence-corrected chi connectivity index (χ2v) is 9.37. The van der Waals surface area contributed by atoms with Crippen molar-refractivity contribution in [2.75, 3.05) is 30.3 Å². The van der Waals surface area contributed by atoms with Crippen molar-refractivity contribution < 1.29 is 32.9 Å². The number of aliphatic hydroxyl groups excluding tert-OH is 2. The Morgan fingerprint density at radius 1 is 1.20 bits per heavy atom. The van der Waals surface area contributed by atoms with Gasteiger partial charge in [0, 0.05) is 24.4 Å². The van der Waals surface area contributed by atoms with Crippen LogP contribution in [0.15, 0.2) is 54.4 Å². The van der Waals surface area contributed by atoms with Crippen LogP contribution in [0.5, 0.6) is 11.5 Å². The molecule has 1 aliphatic heterocycles. The summed E-state index contributed by atoms with van der Waals surface area (Å²) in [5, 5.41) is 27.7. The second-order valence-electron chi connectivity index (χ2n) is 8.96. The molecule has 40 heavy (non-hydrogen) atoms. The van der Waals surface area contributed by atoms with Crippen LogP contribution < -0.4 is 20.7 Å². The van der Waals surface area contributed by atoms with Gasteiger partial charge in [-0.2, -0.15) is 13.2 Å². The van der Waals surface area contributed by atoms with Gasteiger partial charge in [-0.05, 0) is 61.7 Å². The summed E-state index contributed by atoms with van der Waals surface area (Å²) in [4.78, 5) is 21.4. The normalized spacial score (nSPS) is 13.8. The first-order valence-electron chi connectivity index (χ1n) is 12.4. The number of alkyl halides is 3. The zero-order valence-corrected chi connectivity index (χ0v) is 21.9. The van der Waals surface area contributed by atoms with Gasteiger partial charge in [0.2, 0.25) is 5.91 Å². The maximum absolute atomic E-state index is 13.0. The van der Waals surface area contributed by atoms with Crippen LogP contribution >= 0.6 is 11.6 Å². The lowest BCUT2D eigenvalue weighted by atomic mass is 10.1. The molecule has 1 amide bonds. The lowest BCUT2D eigenvalue weighted by molar-refractivity contribution is -0.137. The van der Waals surface area contributed by atoms with E-state index in [1.54, 1.807) is 18.2 Å². The Labute approximate surface area is 233 Å². The Morgan fingerprint density at radius 2 is 2.02 bits per heavy atom. The molecular formula is C27H27ClF3N5O4. The number of nitrogens with one attached hydrogen (secondary N) is 3. The molecule has 1 aliphatic rings. The van der Waals surface area contributed by atoms with Gasteiger partial charge in [-0.25, -0.2) is 9.97 Å². The average Bonchev–Trinajstić information content (AvgIpc) is 3.15. The van der Waals surface area contributed by atoms with E-state index in [0.717, 1.165) is 12.1 Å². The highest BCUT2D eigenvalue weighted by atomic mass is 35.5. The zero-order valence-electron chi connectivity index (χ0n) is 21.1. The molecule has 1 atom stereocenters. The average molecular weight is 578 g/mol. The van der Waals surface area contributed by atoms with E-state index in [4.69, 9.17) is 21.4 Å². The summed E-state index contributed by atoms with van der Waals surface area (Å²) in [6.07, 6.45) is -0.928. The van der Waals surface area contributed by atoms with Crippen molar-refractivity contribution in [1.29, 1.82) is 0 Å². The summed E-state index contributed by atoms with van der Waals surface area (Å²) in [7, 11) is 0. The highest BCUT2D eigenvalue weighted by Gasteiger charge is 2.30. The third kappa shape index (κ3) is 7.62. The molecule has 1 unspecified atom stereocenters. The molecule has 13 heteroatoms. The van der Waals surface area contributed by atoms with Crippen LogP contribution in [0.25, 0.3) is 6.08 Å². The van der Waals surface area contributed by atoms with Crippen molar-refractivity contribution in [3.63, 3.8) is 0 Å². The molecule has 0 aliphatic carbocycles. The summed E-state index contributed by atoms with van der Waals surface area (Å²) >= 11 is 6.37. The number of hydrogen-bond donors (Lipinski definition) is 5. The molecule has 0 spiro atoms. The van der Waals surface area contributed by atoms with E-state index in [0.29, 0.717) is 60.8 Å². The molecule has 2 aromatic carbocycles. The molecule has 9 nitrogen and oxygen atoms in total. The number of amides is 1. The Balaban J connectivity index is 1.48. The van der Waals surface area contributed by atoms with E-state index in [1.807, 2.05) is 0 Å². The van der Waals surface area contributed by atoms with Crippen molar-refractivity contribution in [1.82, 2.24) is 15.3 Å². The fourth-order valence-electron chi connectivity index (χ4n) is 3.92. The highest BCUT2D eigenvalue weighted by Crippen LogP contribution is 2.36. The van der Waals surface area contributed by atoms with Gasteiger partial charge in [0.05, 0.1) is 28.9 Å². The molecule has 1 aromatic heterocycles. The Bertz CT molecular complexity index is 1390. The van der Waals surface area contributed by atoms with Crippen LogP contribution in [0.2, 0.25) is 5.02 Å². The molecule has 0 fully saturated rings. The van der Waals surface area contributed by atoms with E-state index >= 15 is 0 Å². The topological polar surface area (TPSA) is 129 Å². The fourth-order valence-corrected chi connectivity index (χ4v) is 4.14. The van der Waals surface area contributed by atoms with Crippen molar-refractivity contribution >= 4 is 40.9 Å². The number of fused-ring (bicyclic) bond motifs is 1. The van der Waals surface area contributed by atoms with Crippen LogP contribution in [-0.4, -0.2) is 51.9 Å². The monoisotopic (exact) mass is 577 g/mol. The number of hydrogen-bond acceptors (Lipinski definition) is 8. The number of aliphatic hydroxyl groups is 2. The number of halogens is 4. The molecule has 3 aromatic rings. The van der Waals surface area contributed by atoms with E-state index < -0.39 is 17.8 Å². The van der Waals surface area contributed by atoms with Crippen molar-refractivity contribution in [3.8, 4) is 11.5 Å². The van der Waals surface area contributed by atoms with Gasteiger partial charge < -0.3 is 30.9 Å². The maximum atomic E-state index is 13.0. The Kier molecular flexibility index (Phi) is 9.46. The SMILES string of the molecule is O=C(NCCCC(O)CO)C1=Cc2c(ncnc2Nc2ccc(Oc3cccc(C(F)(F)F)c3)c(Cl)c2)NCC1. The first-order valence-corrected chi connectivity index (χ1v) is 12.8. The number of aromatic nitrogens is 2. The van der Waals surface area contributed by atoms with Gasteiger partial charge in [-0.1, -0.05) is 17.7 Å². The number of ether oxygens (including phenoxy) is 1. The molecule has 5 N–H and O–H groups in total. The van der Waals surface area contributed by atoms with Crippen molar-refractivity contribution in [2.24, 2.45) is 0 Å². The zero-order chi connectivity index (χ0) is 28.7. The van der Waals surface area contributed by atoms with Gasteiger partial charge >= 0.3 is 6.18 Å². The largest absolute Gasteiger partial charge is 0.456 e. The summed E-state index contributed by atoms with van der Waals surface area (Å²) in [5.41, 5.74) is 0.753. The number of carbonyl (C=O) groups is 1. The molecular weight excluding hydrogens is 551 g/mol. The van der Waals surface area contributed by atoms with Crippen LogP contribution in [0.3, 0.4) is 0 Å². The number of nitrogens with zero attached hydrogens (tertiary/aromatic N) is 2. The quantitative estimate of drug-likeness (QED) is 0.210. The molecule has 0 radical (unpaired) electrons. The summed E-state index contributed by atoms with van der Waals surface area (Å²) < 4.78 is 44.6. The van der Waals surface area contributed by atoms with Crippen molar-refractivity contribution in [3.05, 3.63) is 70.5 Å². The second kappa shape index (κ2) is 13.0. The first kappa shape index (κ1) is 29.1. The molecule has 0 saturated heterocycles. The van der Waals surface area contributed by atoms with E-state index in [1.165, 1.54) is 24.5 Å². The summed E-state index contributed by atoms with van der Waals surface area (Å²) in [6.45, 7) is 0.491. The third-order valence-corrected chi connectivity index (χ3v) is 6.27. The van der Waals surface area contributed by atoms with E-state index in [2.05, 4.69) is 25.9 Å². The molecule has 0 bridgehead atoms. The van der Waals surface area contributed by atoms with Crippen LogP contribution in [0, 0.1) is 0 Å². The molecule has 2 heterocycles. The summed E-state index contributed by atoms with van der Waals surface area (Å²) in [6, 6.07) is 9.19. The minimum Gasteiger partial charge on any atom is -0.456 e. The van der Waals surface area contributed by atoms with Crippen LogP contribution in [0.1, 0.15) is 30.4 Å². The van der Waals surface area contributed by atoms with Gasteiger partial charge in [-0.3, -0.25) is 4.79 Å². The number of carbonyl (C=O) groups excluding carboxylic acids is 1. The predicted octanol–water partition coefficient (Wildman–Crippen LogP) is 5.13. The fraction of sp³-hybridized carbons (Fsp3) is 0.296. The smallest absolute Gasteiger partial charge is 0.416 e. The molecule has 212 valence electrons. The number of anilines is 3. The van der Waals surface area contributed by atoms with Gasteiger partial charge in [0.25, 0.3) is 0 Å². The highest BCUT2D eigenvalue weighted by molar-refractivity contribution is 6.32.